The molecule has 0 aromatic heterocycles. The Bertz CT molecular complexity index is 349. The summed E-state index contributed by atoms with van der Waals surface area (Å²) in [5.74, 6) is -1.47. The van der Waals surface area contributed by atoms with Gasteiger partial charge < -0.3 is 16.2 Å². The average Bonchev–Trinajstić information content (AvgIpc) is 2.46. The van der Waals surface area contributed by atoms with Gasteiger partial charge in [-0.05, 0) is 37.2 Å². The van der Waals surface area contributed by atoms with Crippen molar-refractivity contribution in [1.82, 2.24) is 5.32 Å². The van der Waals surface area contributed by atoms with E-state index in [1.807, 2.05) is 0 Å². The van der Waals surface area contributed by atoms with E-state index in [0.717, 1.165) is 19.3 Å². The Balaban J connectivity index is 4.10. The van der Waals surface area contributed by atoms with Gasteiger partial charge in [-0.1, -0.05) is 0 Å². The normalized spacial score (nSPS) is 13.2. The van der Waals surface area contributed by atoms with Crippen LogP contribution in [0.15, 0.2) is 5.11 Å². The number of rotatable bonds is 13. The fourth-order valence-corrected chi connectivity index (χ4v) is 1.83. The number of hydrogen-bond donors (Lipinski definition) is 5. The highest BCUT2D eigenvalue weighted by molar-refractivity contribution is 5.86. The van der Waals surface area contributed by atoms with Crippen molar-refractivity contribution in [1.29, 1.82) is 0 Å². The SMILES string of the molecule is C=[NH+]CCCC[C@H](NC(=O)[C@@H](N)CCCCN=[NH2+])C(=O)O. The summed E-state index contributed by atoms with van der Waals surface area (Å²) in [7, 11) is 0. The number of hydrogen-bond acceptors (Lipinski definition) is 4. The summed E-state index contributed by atoms with van der Waals surface area (Å²) < 4.78 is 0. The zero-order chi connectivity index (χ0) is 16.1. The van der Waals surface area contributed by atoms with Crippen LogP contribution in [0.4, 0.5) is 0 Å². The number of aliphatic carboxylic acids is 1. The molecule has 0 aliphatic carbocycles. The summed E-state index contributed by atoms with van der Waals surface area (Å²) in [6.07, 6.45) is 3.84. The monoisotopic (exact) mass is 301 g/mol. The van der Waals surface area contributed by atoms with Crippen LogP contribution in [0.2, 0.25) is 0 Å². The minimum absolute atomic E-state index is 0.377. The molecule has 0 aromatic rings. The number of nitrogens with zero attached hydrogens (tertiary/aromatic N) is 1. The van der Waals surface area contributed by atoms with Gasteiger partial charge in [0.05, 0.1) is 6.04 Å². The van der Waals surface area contributed by atoms with Crippen molar-refractivity contribution in [2.45, 2.75) is 50.6 Å². The third-order valence-corrected chi connectivity index (χ3v) is 3.10. The van der Waals surface area contributed by atoms with Crippen LogP contribution in [0, 0.1) is 0 Å². The summed E-state index contributed by atoms with van der Waals surface area (Å²) in [6.45, 7) is 4.73. The Hall–Kier alpha value is -1.83. The smallest absolute Gasteiger partial charge is 0.326 e. The van der Waals surface area contributed by atoms with Gasteiger partial charge >= 0.3 is 5.97 Å². The summed E-state index contributed by atoms with van der Waals surface area (Å²) in [5.41, 5.74) is 10.8. The summed E-state index contributed by atoms with van der Waals surface area (Å²) in [5, 5.41) is 15.1. The molecule has 0 aliphatic rings. The number of unbranched alkanes of at least 4 members (excludes halogenated alkanes) is 2. The number of carboxylic acid groups (broad SMARTS) is 1. The Morgan fingerprint density at radius 2 is 1.95 bits per heavy atom. The molecule has 0 spiro atoms. The first-order chi connectivity index (χ1) is 10.0. The number of carbonyl (C=O) groups is 2. The molecule has 0 radical (unpaired) electrons. The van der Waals surface area contributed by atoms with Gasteiger partial charge in [0.2, 0.25) is 5.91 Å². The van der Waals surface area contributed by atoms with Crippen LogP contribution in [-0.4, -0.2) is 48.9 Å². The van der Waals surface area contributed by atoms with Crippen molar-refractivity contribution in [2.24, 2.45) is 10.8 Å². The molecule has 0 aromatic carbocycles. The van der Waals surface area contributed by atoms with E-state index in [4.69, 9.17) is 16.4 Å². The second-order valence-corrected chi connectivity index (χ2v) is 4.90. The fourth-order valence-electron chi connectivity index (χ4n) is 1.83. The molecule has 120 valence electrons. The van der Waals surface area contributed by atoms with E-state index in [9.17, 15) is 9.59 Å². The van der Waals surface area contributed by atoms with Crippen molar-refractivity contribution >= 4 is 18.6 Å². The Morgan fingerprint density at radius 1 is 1.29 bits per heavy atom. The van der Waals surface area contributed by atoms with Crippen molar-refractivity contribution < 1.29 is 25.2 Å². The molecule has 0 bridgehead atoms. The van der Waals surface area contributed by atoms with E-state index in [1.54, 1.807) is 0 Å². The van der Waals surface area contributed by atoms with Crippen LogP contribution in [0.3, 0.4) is 0 Å². The molecule has 0 saturated heterocycles. The van der Waals surface area contributed by atoms with Crippen molar-refractivity contribution in [3.05, 3.63) is 0 Å². The second kappa shape index (κ2) is 12.0. The predicted octanol–water partition coefficient (Wildman–Crippen LogP) is -2.78. The molecule has 21 heavy (non-hydrogen) atoms. The average molecular weight is 301 g/mol. The van der Waals surface area contributed by atoms with Gasteiger partial charge in [0.25, 0.3) is 0 Å². The minimum Gasteiger partial charge on any atom is -0.480 e. The van der Waals surface area contributed by atoms with Crippen LogP contribution >= 0.6 is 0 Å². The molecular weight excluding hydrogens is 274 g/mol. The van der Waals surface area contributed by atoms with Crippen LogP contribution in [0.5, 0.6) is 0 Å². The van der Waals surface area contributed by atoms with E-state index >= 15 is 0 Å². The van der Waals surface area contributed by atoms with Crippen LogP contribution in [0.1, 0.15) is 38.5 Å². The zero-order valence-corrected chi connectivity index (χ0v) is 12.4. The Kier molecular flexibility index (Phi) is 10.9. The maximum Gasteiger partial charge on any atom is 0.326 e. The third-order valence-electron chi connectivity index (χ3n) is 3.10. The summed E-state index contributed by atoms with van der Waals surface area (Å²) >= 11 is 0. The number of nitrogens with one attached hydrogen (secondary N) is 2. The molecule has 8 heteroatoms. The van der Waals surface area contributed by atoms with Gasteiger partial charge in [-0.25, -0.2) is 4.79 Å². The van der Waals surface area contributed by atoms with Crippen LogP contribution in [0.25, 0.3) is 0 Å². The highest BCUT2D eigenvalue weighted by Crippen LogP contribution is 2.03. The van der Waals surface area contributed by atoms with Gasteiger partial charge in [0.15, 0.2) is 0 Å². The van der Waals surface area contributed by atoms with Gasteiger partial charge in [-0.15, -0.1) is 0 Å². The van der Waals surface area contributed by atoms with Crippen molar-refractivity contribution in [3.8, 4) is 0 Å². The zero-order valence-electron chi connectivity index (χ0n) is 12.4. The topological polar surface area (TPSA) is 144 Å². The molecular formula is C13H27N5O3+2. The van der Waals surface area contributed by atoms with Crippen LogP contribution < -0.4 is 21.6 Å². The standard InChI is InChI=1S/C13H25N5O3/c1-16-8-4-3-7-11(13(20)21)18-12(19)10(14)6-2-5-9-17-15/h10-11,15H,1-9,14H2,(H,18,19)(H,20,21)/p+2/t10-,11-/m0/s1. The van der Waals surface area contributed by atoms with Crippen molar-refractivity contribution in [3.63, 3.8) is 0 Å². The Labute approximate surface area is 124 Å². The van der Waals surface area contributed by atoms with E-state index < -0.39 is 24.0 Å². The fraction of sp³-hybridized carbons (Fsp3) is 0.769. The van der Waals surface area contributed by atoms with Gasteiger partial charge in [-0.2, -0.15) is 5.53 Å². The number of carbonyl (C=O) groups excluding carboxylic acids is 1. The van der Waals surface area contributed by atoms with E-state index in [1.165, 1.54) is 0 Å². The highest BCUT2D eigenvalue weighted by Gasteiger charge is 2.22. The molecule has 0 aliphatic heterocycles. The molecule has 7 N–H and O–H groups in total. The maximum atomic E-state index is 11.8. The predicted molar refractivity (Wildman–Crippen MR) is 77.4 cm³/mol. The lowest BCUT2D eigenvalue weighted by Gasteiger charge is -2.17. The lowest BCUT2D eigenvalue weighted by atomic mass is 10.1. The highest BCUT2D eigenvalue weighted by atomic mass is 16.4. The minimum atomic E-state index is -1.04. The summed E-state index contributed by atoms with van der Waals surface area (Å²) in [4.78, 5) is 25.7. The molecule has 1 amide bonds. The van der Waals surface area contributed by atoms with E-state index in [0.29, 0.717) is 32.4 Å². The van der Waals surface area contributed by atoms with Gasteiger partial charge in [-0.3, -0.25) is 9.79 Å². The van der Waals surface area contributed by atoms with E-state index in [2.05, 4.69) is 22.1 Å². The Morgan fingerprint density at radius 3 is 2.52 bits per heavy atom. The van der Waals surface area contributed by atoms with E-state index in [-0.39, 0.29) is 0 Å². The number of carboxylic acids is 1. The molecule has 2 atom stereocenters. The first-order valence-electron chi connectivity index (χ1n) is 7.18. The maximum absolute atomic E-state index is 11.8. The molecule has 0 rings (SSSR count). The lowest BCUT2D eigenvalue weighted by molar-refractivity contribution is -0.447. The lowest BCUT2D eigenvalue weighted by Crippen LogP contribution is -2.65. The second-order valence-electron chi connectivity index (χ2n) is 4.90. The first-order valence-corrected chi connectivity index (χ1v) is 7.18. The number of amides is 1. The molecule has 8 nitrogen and oxygen atoms in total. The van der Waals surface area contributed by atoms with Crippen LogP contribution in [-0.2, 0) is 9.59 Å². The largest absolute Gasteiger partial charge is 0.480 e. The third kappa shape index (κ3) is 9.67. The van der Waals surface area contributed by atoms with Gasteiger partial charge in [0, 0.05) is 6.42 Å². The quantitative estimate of drug-likeness (QED) is 0.142. The van der Waals surface area contributed by atoms with Crippen molar-refractivity contribution in [2.75, 3.05) is 13.1 Å². The molecule has 0 unspecified atom stereocenters. The number of nitrogens with two attached hydrogens (primary N) is 2. The first kappa shape index (κ1) is 19.2. The molecule has 0 fully saturated rings. The molecule has 0 heterocycles. The molecule has 0 saturated carbocycles. The van der Waals surface area contributed by atoms with Gasteiger partial charge in [0.1, 0.15) is 25.8 Å². The summed E-state index contributed by atoms with van der Waals surface area (Å²) in [6, 6.07) is -1.60.